The Bertz CT molecular complexity index is 1120. The van der Waals surface area contributed by atoms with Crippen LogP contribution in [0.4, 0.5) is 0 Å². The minimum absolute atomic E-state index is 0.0642. The summed E-state index contributed by atoms with van der Waals surface area (Å²) < 4.78 is 10.8. The number of fused-ring (bicyclic) bond motifs is 1. The molecule has 0 radical (unpaired) electrons. The van der Waals surface area contributed by atoms with Crippen molar-refractivity contribution < 1.29 is 19.1 Å². The molecule has 0 spiro atoms. The van der Waals surface area contributed by atoms with Crippen LogP contribution >= 0.6 is 0 Å². The first-order valence-corrected chi connectivity index (χ1v) is 11.6. The van der Waals surface area contributed by atoms with Crippen LogP contribution in [-0.4, -0.2) is 60.5 Å². The van der Waals surface area contributed by atoms with Crippen LogP contribution in [-0.2, 0) is 22.6 Å². The van der Waals surface area contributed by atoms with Crippen molar-refractivity contribution in [2.45, 2.75) is 33.7 Å². The normalized spacial score (nSPS) is 11.0. The lowest BCUT2D eigenvalue weighted by Crippen LogP contribution is -2.43. The predicted octanol–water partition coefficient (Wildman–Crippen LogP) is 4.26. The maximum absolute atomic E-state index is 13.4. The highest BCUT2D eigenvalue weighted by atomic mass is 16.5. The van der Waals surface area contributed by atoms with E-state index < -0.39 is 0 Å². The summed E-state index contributed by atoms with van der Waals surface area (Å²) in [6, 6.07) is 13.8. The summed E-state index contributed by atoms with van der Waals surface area (Å²) in [4.78, 5) is 32.3. The summed E-state index contributed by atoms with van der Waals surface area (Å²) in [5, 5.41) is 1.16. The second kappa shape index (κ2) is 11.6. The fourth-order valence-corrected chi connectivity index (χ4v) is 4.09. The fraction of sp³-hybridized carbons (Fsp3) is 0.407. The maximum atomic E-state index is 13.4. The van der Waals surface area contributed by atoms with Crippen LogP contribution in [0.5, 0.6) is 11.5 Å². The van der Waals surface area contributed by atoms with Crippen molar-refractivity contribution in [3.8, 4) is 11.5 Å². The summed E-state index contributed by atoms with van der Waals surface area (Å²) >= 11 is 0. The Morgan fingerprint density at radius 2 is 1.74 bits per heavy atom. The number of methoxy groups -OCH3 is 2. The molecule has 0 saturated heterocycles. The van der Waals surface area contributed by atoms with Gasteiger partial charge in [0.2, 0.25) is 11.8 Å². The molecule has 0 aliphatic heterocycles. The monoisotopic (exact) mass is 465 g/mol. The molecule has 7 nitrogen and oxygen atoms in total. The first-order valence-electron chi connectivity index (χ1n) is 11.6. The van der Waals surface area contributed by atoms with Crippen molar-refractivity contribution in [2.24, 2.45) is 5.92 Å². The molecule has 0 aliphatic carbocycles. The Morgan fingerprint density at radius 3 is 2.41 bits per heavy atom. The number of nitrogens with zero attached hydrogens (tertiary/aromatic N) is 2. The molecule has 2 amide bonds. The number of H-pyrrole nitrogens is 1. The molecule has 7 heteroatoms. The Balaban J connectivity index is 1.82. The first kappa shape index (κ1) is 25.1. The minimum atomic E-state index is -0.0928. The molecule has 3 rings (SSSR count). The van der Waals surface area contributed by atoms with Gasteiger partial charge in [-0.25, -0.2) is 0 Å². The van der Waals surface area contributed by atoms with Crippen LogP contribution in [0.3, 0.4) is 0 Å². The summed E-state index contributed by atoms with van der Waals surface area (Å²) in [5.41, 5.74) is 3.17. The van der Waals surface area contributed by atoms with Crippen LogP contribution in [0.25, 0.3) is 10.9 Å². The molecule has 2 aromatic carbocycles. The number of benzene rings is 2. The lowest BCUT2D eigenvalue weighted by molar-refractivity contribution is -0.140. The van der Waals surface area contributed by atoms with E-state index in [-0.39, 0.29) is 24.3 Å². The van der Waals surface area contributed by atoms with E-state index in [1.54, 1.807) is 19.1 Å². The number of nitrogens with one attached hydrogen (secondary N) is 1. The Labute approximate surface area is 201 Å². The highest BCUT2D eigenvalue weighted by Gasteiger charge is 2.21. The number of carbonyl (C=O) groups is 2. The van der Waals surface area contributed by atoms with Crippen LogP contribution in [0.15, 0.2) is 48.7 Å². The van der Waals surface area contributed by atoms with Crippen LogP contribution < -0.4 is 9.47 Å². The molecular weight excluding hydrogens is 430 g/mol. The number of aromatic amines is 1. The van der Waals surface area contributed by atoms with Gasteiger partial charge < -0.3 is 24.3 Å². The SMILES string of the molecule is COc1ccc(CN(CCc2c[nH]c3ccccc23)C(=O)CN(CC(C)C)C(C)=O)cc1OC. The zero-order valence-corrected chi connectivity index (χ0v) is 20.8. The smallest absolute Gasteiger partial charge is 0.242 e. The van der Waals surface area contributed by atoms with E-state index in [1.165, 1.54) is 6.92 Å². The van der Waals surface area contributed by atoms with Crippen LogP contribution in [0.2, 0.25) is 0 Å². The van der Waals surface area contributed by atoms with Crippen molar-refractivity contribution >= 4 is 22.7 Å². The number of amides is 2. The van der Waals surface area contributed by atoms with Gasteiger partial charge in [0.25, 0.3) is 0 Å². The fourth-order valence-electron chi connectivity index (χ4n) is 4.09. The summed E-state index contributed by atoms with van der Waals surface area (Å²) in [5.74, 6) is 1.37. The quantitative estimate of drug-likeness (QED) is 0.459. The van der Waals surface area contributed by atoms with Gasteiger partial charge in [0.15, 0.2) is 11.5 Å². The molecule has 1 heterocycles. The van der Waals surface area contributed by atoms with Gasteiger partial charge in [0.05, 0.1) is 20.8 Å². The van der Waals surface area contributed by atoms with E-state index in [0.29, 0.717) is 37.6 Å². The minimum Gasteiger partial charge on any atom is -0.493 e. The highest BCUT2D eigenvalue weighted by Crippen LogP contribution is 2.28. The van der Waals surface area contributed by atoms with E-state index >= 15 is 0 Å². The van der Waals surface area contributed by atoms with Crippen molar-refractivity contribution in [3.63, 3.8) is 0 Å². The second-order valence-electron chi connectivity index (χ2n) is 8.91. The number of ether oxygens (including phenoxy) is 2. The third-order valence-corrected chi connectivity index (χ3v) is 5.86. The van der Waals surface area contributed by atoms with Crippen LogP contribution in [0, 0.1) is 5.92 Å². The third kappa shape index (κ3) is 6.31. The average molecular weight is 466 g/mol. The molecule has 0 atom stereocenters. The molecule has 0 saturated carbocycles. The summed E-state index contributed by atoms with van der Waals surface area (Å²) in [7, 11) is 3.19. The van der Waals surface area contributed by atoms with E-state index in [2.05, 4.69) is 11.1 Å². The van der Waals surface area contributed by atoms with E-state index in [1.807, 2.05) is 61.3 Å². The summed E-state index contributed by atoms with van der Waals surface area (Å²) in [6.45, 7) is 7.15. The van der Waals surface area contributed by atoms with Gasteiger partial charge in [-0.1, -0.05) is 38.1 Å². The molecule has 1 aromatic heterocycles. The first-order chi connectivity index (χ1) is 16.3. The molecular formula is C27H35N3O4. The number of carbonyl (C=O) groups excluding carboxylic acids is 2. The predicted molar refractivity (Wildman–Crippen MR) is 134 cm³/mol. The molecule has 0 fully saturated rings. The van der Waals surface area contributed by atoms with Gasteiger partial charge in [0.1, 0.15) is 0 Å². The topological polar surface area (TPSA) is 74.9 Å². The number of hydrogen-bond donors (Lipinski definition) is 1. The van der Waals surface area contributed by atoms with E-state index in [0.717, 1.165) is 22.0 Å². The lowest BCUT2D eigenvalue weighted by Gasteiger charge is -2.28. The Morgan fingerprint density at radius 1 is 1.00 bits per heavy atom. The maximum Gasteiger partial charge on any atom is 0.242 e. The molecule has 1 N–H and O–H groups in total. The van der Waals surface area contributed by atoms with Crippen LogP contribution in [0.1, 0.15) is 31.9 Å². The molecule has 0 aliphatic rings. The third-order valence-electron chi connectivity index (χ3n) is 5.86. The van der Waals surface area contributed by atoms with Gasteiger partial charge in [-0.2, -0.15) is 0 Å². The van der Waals surface area contributed by atoms with Crippen molar-refractivity contribution in [2.75, 3.05) is 33.9 Å². The largest absolute Gasteiger partial charge is 0.493 e. The standard InChI is InChI=1S/C27H35N3O4/c1-19(2)16-30(20(3)31)18-27(32)29(17-21-10-11-25(33-4)26(14-21)34-5)13-12-22-15-28-24-9-7-6-8-23(22)24/h6-11,14-15,19,28H,12-13,16-18H2,1-5H3. The highest BCUT2D eigenvalue weighted by molar-refractivity contribution is 5.85. The number of para-hydroxylation sites is 1. The Hall–Kier alpha value is -3.48. The lowest BCUT2D eigenvalue weighted by atomic mass is 10.1. The average Bonchev–Trinajstić information content (AvgIpc) is 3.23. The number of rotatable bonds is 11. The van der Waals surface area contributed by atoms with Gasteiger partial charge in [0, 0.05) is 43.7 Å². The van der Waals surface area contributed by atoms with Gasteiger partial charge in [-0.05, 0) is 41.7 Å². The van der Waals surface area contributed by atoms with E-state index in [4.69, 9.17) is 9.47 Å². The molecule has 34 heavy (non-hydrogen) atoms. The van der Waals surface area contributed by atoms with Crippen molar-refractivity contribution in [3.05, 3.63) is 59.8 Å². The number of aromatic nitrogens is 1. The van der Waals surface area contributed by atoms with Crippen molar-refractivity contribution in [1.29, 1.82) is 0 Å². The summed E-state index contributed by atoms with van der Waals surface area (Å²) in [6.07, 6.45) is 2.71. The zero-order valence-electron chi connectivity index (χ0n) is 20.8. The molecule has 0 bridgehead atoms. The van der Waals surface area contributed by atoms with Gasteiger partial charge in [-0.3, -0.25) is 9.59 Å². The van der Waals surface area contributed by atoms with Gasteiger partial charge >= 0.3 is 0 Å². The Kier molecular flexibility index (Phi) is 8.57. The van der Waals surface area contributed by atoms with E-state index in [9.17, 15) is 9.59 Å². The molecule has 182 valence electrons. The van der Waals surface area contributed by atoms with Crippen molar-refractivity contribution in [1.82, 2.24) is 14.8 Å². The van der Waals surface area contributed by atoms with Gasteiger partial charge in [-0.15, -0.1) is 0 Å². The second-order valence-corrected chi connectivity index (χ2v) is 8.91. The molecule has 3 aromatic rings. The zero-order chi connectivity index (χ0) is 24.7. The number of hydrogen-bond acceptors (Lipinski definition) is 4. The molecule has 0 unspecified atom stereocenters.